The normalized spacial score (nSPS) is 11.0. The first kappa shape index (κ1) is 14.1. The van der Waals surface area contributed by atoms with E-state index >= 15 is 0 Å². The second-order valence-corrected chi connectivity index (χ2v) is 6.10. The van der Waals surface area contributed by atoms with Gasteiger partial charge < -0.3 is 4.98 Å². The SMILES string of the molecule is CCc1cccc2c(C(=O)c3ccc(Br)cc3C)c[nH]c12. The predicted octanol–water partition coefficient (Wildman–Crippen LogP) is 5.03. The third kappa shape index (κ3) is 2.42. The van der Waals surface area contributed by atoms with Crippen LogP contribution in [-0.4, -0.2) is 10.8 Å². The first-order chi connectivity index (χ1) is 10.1. The molecule has 1 aromatic heterocycles. The smallest absolute Gasteiger partial charge is 0.195 e. The number of carbonyl (C=O) groups is 1. The van der Waals surface area contributed by atoms with Crippen LogP contribution in [0.25, 0.3) is 10.9 Å². The zero-order valence-electron chi connectivity index (χ0n) is 12.0. The topological polar surface area (TPSA) is 32.9 Å². The number of aromatic nitrogens is 1. The average molecular weight is 342 g/mol. The first-order valence-corrected chi connectivity index (χ1v) is 7.81. The molecule has 0 aliphatic carbocycles. The van der Waals surface area contributed by atoms with Crippen LogP contribution in [0.3, 0.4) is 0 Å². The zero-order chi connectivity index (χ0) is 15.0. The second-order valence-electron chi connectivity index (χ2n) is 5.18. The van der Waals surface area contributed by atoms with Crippen LogP contribution < -0.4 is 0 Å². The predicted molar refractivity (Wildman–Crippen MR) is 90.0 cm³/mol. The van der Waals surface area contributed by atoms with E-state index in [1.165, 1.54) is 5.56 Å². The highest BCUT2D eigenvalue weighted by Gasteiger charge is 2.17. The number of H-pyrrole nitrogens is 1. The van der Waals surface area contributed by atoms with Crippen LogP contribution in [-0.2, 0) is 6.42 Å². The van der Waals surface area contributed by atoms with Crippen LogP contribution in [0, 0.1) is 6.92 Å². The van der Waals surface area contributed by atoms with E-state index in [-0.39, 0.29) is 5.78 Å². The Balaban J connectivity index is 2.14. The Morgan fingerprint density at radius 3 is 2.71 bits per heavy atom. The molecule has 1 heterocycles. The highest BCUT2D eigenvalue weighted by molar-refractivity contribution is 9.10. The molecule has 0 unspecified atom stereocenters. The molecule has 2 aromatic carbocycles. The van der Waals surface area contributed by atoms with Crippen LogP contribution in [0.5, 0.6) is 0 Å². The molecule has 0 fully saturated rings. The number of aromatic amines is 1. The number of halogens is 1. The third-order valence-electron chi connectivity index (χ3n) is 3.86. The Morgan fingerprint density at radius 1 is 1.19 bits per heavy atom. The quantitative estimate of drug-likeness (QED) is 0.665. The Labute approximate surface area is 132 Å². The van der Waals surface area contributed by atoms with Gasteiger partial charge in [-0.3, -0.25) is 4.79 Å². The molecule has 0 saturated carbocycles. The molecule has 21 heavy (non-hydrogen) atoms. The van der Waals surface area contributed by atoms with Gasteiger partial charge in [0.25, 0.3) is 0 Å². The van der Waals surface area contributed by atoms with Gasteiger partial charge in [-0.15, -0.1) is 0 Å². The van der Waals surface area contributed by atoms with Crippen LogP contribution in [0.2, 0.25) is 0 Å². The van der Waals surface area contributed by atoms with Gasteiger partial charge in [-0.2, -0.15) is 0 Å². The summed E-state index contributed by atoms with van der Waals surface area (Å²) in [4.78, 5) is 16.1. The maximum absolute atomic E-state index is 12.8. The van der Waals surface area contributed by atoms with Gasteiger partial charge in [-0.1, -0.05) is 41.1 Å². The maximum Gasteiger partial charge on any atom is 0.195 e. The van der Waals surface area contributed by atoms with Crippen LogP contribution in [0.15, 0.2) is 47.1 Å². The van der Waals surface area contributed by atoms with E-state index in [4.69, 9.17) is 0 Å². The van der Waals surface area contributed by atoms with Crippen molar-refractivity contribution in [1.29, 1.82) is 0 Å². The highest BCUT2D eigenvalue weighted by atomic mass is 79.9. The fraction of sp³-hybridized carbons (Fsp3) is 0.167. The molecule has 3 heteroatoms. The monoisotopic (exact) mass is 341 g/mol. The molecule has 3 aromatic rings. The number of rotatable bonds is 3. The standard InChI is InChI=1S/C18H16BrNO/c1-3-12-5-4-6-15-16(10-20-17(12)15)18(21)14-8-7-13(19)9-11(14)2/h4-10,20H,3H2,1-2H3. The van der Waals surface area contributed by atoms with Gasteiger partial charge in [-0.05, 0) is 42.7 Å². The van der Waals surface area contributed by atoms with Crippen molar-refractivity contribution in [3.63, 3.8) is 0 Å². The lowest BCUT2D eigenvalue weighted by atomic mass is 9.98. The number of hydrogen-bond donors (Lipinski definition) is 1. The summed E-state index contributed by atoms with van der Waals surface area (Å²) in [7, 11) is 0. The Hall–Kier alpha value is -1.87. The van der Waals surface area contributed by atoms with Crippen molar-refractivity contribution < 1.29 is 4.79 Å². The summed E-state index contributed by atoms with van der Waals surface area (Å²) < 4.78 is 0.990. The molecule has 0 aliphatic rings. The summed E-state index contributed by atoms with van der Waals surface area (Å²) >= 11 is 3.44. The van der Waals surface area contributed by atoms with E-state index in [9.17, 15) is 4.79 Å². The van der Waals surface area contributed by atoms with Gasteiger partial charge in [0.05, 0.1) is 0 Å². The Morgan fingerprint density at radius 2 is 2.00 bits per heavy atom. The number of para-hydroxylation sites is 1. The number of carbonyl (C=O) groups excluding carboxylic acids is 1. The molecular weight excluding hydrogens is 326 g/mol. The summed E-state index contributed by atoms with van der Waals surface area (Å²) in [6.45, 7) is 4.08. The molecule has 0 saturated heterocycles. The number of fused-ring (bicyclic) bond motifs is 1. The third-order valence-corrected chi connectivity index (χ3v) is 4.35. The van der Waals surface area contributed by atoms with Crippen molar-refractivity contribution in [2.75, 3.05) is 0 Å². The maximum atomic E-state index is 12.8. The molecule has 1 N–H and O–H groups in total. The van der Waals surface area contributed by atoms with Gasteiger partial charge in [0, 0.05) is 32.7 Å². The molecule has 2 nitrogen and oxygen atoms in total. The molecule has 0 bridgehead atoms. The van der Waals surface area contributed by atoms with Gasteiger partial charge in [-0.25, -0.2) is 0 Å². The summed E-state index contributed by atoms with van der Waals surface area (Å²) in [5.41, 5.74) is 4.78. The van der Waals surface area contributed by atoms with Gasteiger partial charge in [0.1, 0.15) is 0 Å². The van der Waals surface area contributed by atoms with Gasteiger partial charge >= 0.3 is 0 Å². The van der Waals surface area contributed by atoms with Gasteiger partial charge in [0.15, 0.2) is 5.78 Å². The molecule has 0 radical (unpaired) electrons. The van der Waals surface area contributed by atoms with Crippen molar-refractivity contribution in [2.45, 2.75) is 20.3 Å². The summed E-state index contributed by atoms with van der Waals surface area (Å²) in [5.74, 6) is 0.0690. The second kappa shape index (κ2) is 5.49. The molecular formula is C18H16BrNO. The number of hydrogen-bond acceptors (Lipinski definition) is 1. The van der Waals surface area contributed by atoms with E-state index in [1.54, 1.807) is 0 Å². The number of aryl methyl sites for hydroxylation is 2. The van der Waals surface area contributed by atoms with Gasteiger partial charge in [0.2, 0.25) is 0 Å². The lowest BCUT2D eigenvalue weighted by Gasteiger charge is -2.05. The van der Waals surface area contributed by atoms with Crippen molar-refractivity contribution >= 4 is 32.6 Å². The minimum Gasteiger partial charge on any atom is -0.360 e. The van der Waals surface area contributed by atoms with Crippen molar-refractivity contribution in [2.24, 2.45) is 0 Å². The highest BCUT2D eigenvalue weighted by Crippen LogP contribution is 2.26. The minimum absolute atomic E-state index is 0.0690. The summed E-state index contributed by atoms with van der Waals surface area (Å²) in [5, 5.41) is 1.00. The fourth-order valence-electron chi connectivity index (χ4n) is 2.73. The molecule has 0 spiro atoms. The van der Waals surface area contributed by atoms with E-state index in [1.807, 2.05) is 43.5 Å². The fourth-order valence-corrected chi connectivity index (χ4v) is 3.20. The Kier molecular flexibility index (Phi) is 3.68. The van der Waals surface area contributed by atoms with E-state index in [0.717, 1.165) is 38.5 Å². The molecule has 0 amide bonds. The van der Waals surface area contributed by atoms with E-state index < -0.39 is 0 Å². The van der Waals surface area contributed by atoms with Crippen LogP contribution in [0.4, 0.5) is 0 Å². The Bertz CT molecular complexity index is 832. The molecule has 3 rings (SSSR count). The molecule has 0 atom stereocenters. The lowest BCUT2D eigenvalue weighted by Crippen LogP contribution is -2.02. The largest absolute Gasteiger partial charge is 0.360 e. The van der Waals surface area contributed by atoms with Crippen molar-refractivity contribution in [1.82, 2.24) is 4.98 Å². The summed E-state index contributed by atoms with van der Waals surface area (Å²) in [6.07, 6.45) is 2.77. The van der Waals surface area contributed by atoms with Crippen LogP contribution >= 0.6 is 15.9 Å². The minimum atomic E-state index is 0.0690. The summed E-state index contributed by atoms with van der Waals surface area (Å²) in [6, 6.07) is 11.9. The number of ketones is 1. The van der Waals surface area contributed by atoms with E-state index in [2.05, 4.69) is 33.9 Å². The molecule has 106 valence electrons. The average Bonchev–Trinajstić information content (AvgIpc) is 2.90. The number of benzene rings is 2. The lowest BCUT2D eigenvalue weighted by molar-refractivity contribution is 0.103. The zero-order valence-corrected chi connectivity index (χ0v) is 13.6. The molecule has 0 aliphatic heterocycles. The van der Waals surface area contributed by atoms with E-state index in [0.29, 0.717) is 0 Å². The van der Waals surface area contributed by atoms with Crippen LogP contribution in [0.1, 0.15) is 34.0 Å². The van der Waals surface area contributed by atoms with Crippen molar-refractivity contribution in [3.05, 3.63) is 69.3 Å². The first-order valence-electron chi connectivity index (χ1n) is 7.01. The number of nitrogens with one attached hydrogen (secondary N) is 1. The van der Waals surface area contributed by atoms with Crippen molar-refractivity contribution in [3.8, 4) is 0 Å².